The molecule has 1 fully saturated rings. The zero-order chi connectivity index (χ0) is 9.30. The van der Waals surface area contributed by atoms with E-state index in [4.69, 9.17) is 10.5 Å². The molecule has 1 rings (SSSR count). The molecule has 1 heterocycles. The summed E-state index contributed by atoms with van der Waals surface area (Å²) < 4.78 is 5.39. The van der Waals surface area contributed by atoms with Gasteiger partial charge in [0.2, 0.25) is 5.91 Å². The number of nitrogens with two attached hydrogens (primary N) is 1. The molecule has 1 amide bonds. The quantitative estimate of drug-likeness (QED) is 0.618. The van der Waals surface area contributed by atoms with E-state index in [2.05, 4.69) is 6.58 Å². The largest absolute Gasteiger partial charge is 0.367 e. The number of rotatable bonds is 2. The van der Waals surface area contributed by atoms with Gasteiger partial charge in [0, 0.05) is 11.8 Å². The molecule has 12 heavy (non-hydrogen) atoms. The van der Waals surface area contributed by atoms with Crippen molar-refractivity contribution in [2.24, 2.45) is 17.6 Å². The van der Waals surface area contributed by atoms with Gasteiger partial charge < -0.3 is 10.5 Å². The molecule has 0 unspecified atom stereocenters. The van der Waals surface area contributed by atoms with E-state index in [1.165, 1.54) is 0 Å². The van der Waals surface area contributed by atoms with Crippen LogP contribution in [0.3, 0.4) is 0 Å². The van der Waals surface area contributed by atoms with Crippen LogP contribution in [0.2, 0.25) is 0 Å². The molecular weight excluding hydrogens is 154 g/mol. The summed E-state index contributed by atoms with van der Waals surface area (Å²) in [5.41, 5.74) is 5.17. The maximum atomic E-state index is 10.9. The molecule has 0 radical (unpaired) electrons. The smallest absolute Gasteiger partial charge is 0.246 e. The normalized spacial score (nSPS) is 41.2. The van der Waals surface area contributed by atoms with E-state index < -0.39 is 6.10 Å². The zero-order valence-electron chi connectivity index (χ0n) is 7.49. The average molecular weight is 169 g/mol. The Morgan fingerprint density at radius 1 is 1.58 bits per heavy atom. The first-order chi connectivity index (χ1) is 5.57. The molecule has 1 aliphatic heterocycles. The molecule has 0 saturated carbocycles. The lowest BCUT2D eigenvalue weighted by Crippen LogP contribution is -2.32. The van der Waals surface area contributed by atoms with Crippen molar-refractivity contribution in [1.29, 1.82) is 0 Å². The van der Waals surface area contributed by atoms with Crippen LogP contribution in [-0.2, 0) is 9.53 Å². The molecule has 0 spiro atoms. The Kier molecular flexibility index (Phi) is 2.52. The Labute approximate surface area is 72.6 Å². The molecule has 0 aromatic heterocycles. The van der Waals surface area contributed by atoms with Crippen molar-refractivity contribution in [3.63, 3.8) is 0 Å². The van der Waals surface area contributed by atoms with E-state index in [1.807, 2.05) is 19.9 Å². The maximum Gasteiger partial charge on any atom is 0.246 e. The summed E-state index contributed by atoms with van der Waals surface area (Å²) in [6.07, 6.45) is 1.44. The fraction of sp³-hybridized carbons (Fsp3) is 0.667. The van der Waals surface area contributed by atoms with Crippen LogP contribution in [0.25, 0.3) is 0 Å². The molecular formula is C9H15NO2. The lowest BCUT2D eigenvalue weighted by molar-refractivity contribution is -0.129. The minimum absolute atomic E-state index is 0.0509. The molecule has 68 valence electrons. The minimum atomic E-state index is -0.442. The van der Waals surface area contributed by atoms with Crippen LogP contribution in [0.4, 0.5) is 0 Å². The van der Waals surface area contributed by atoms with Gasteiger partial charge >= 0.3 is 0 Å². The van der Waals surface area contributed by atoms with Crippen molar-refractivity contribution < 1.29 is 9.53 Å². The second-order valence-corrected chi connectivity index (χ2v) is 3.34. The van der Waals surface area contributed by atoms with E-state index in [-0.39, 0.29) is 23.8 Å². The summed E-state index contributed by atoms with van der Waals surface area (Å²) in [5, 5.41) is 0. The van der Waals surface area contributed by atoms with E-state index >= 15 is 0 Å². The third-order valence-electron chi connectivity index (χ3n) is 2.54. The first-order valence-corrected chi connectivity index (χ1v) is 4.15. The van der Waals surface area contributed by atoms with Crippen LogP contribution in [0.5, 0.6) is 0 Å². The number of carbonyl (C=O) groups excluding carboxylic acids is 1. The maximum absolute atomic E-state index is 10.9. The molecule has 0 aromatic rings. The third kappa shape index (κ3) is 1.37. The molecule has 3 heteroatoms. The van der Waals surface area contributed by atoms with Gasteiger partial charge in [-0.2, -0.15) is 0 Å². The van der Waals surface area contributed by atoms with Crippen LogP contribution in [-0.4, -0.2) is 18.1 Å². The van der Waals surface area contributed by atoms with Crippen molar-refractivity contribution in [2.75, 3.05) is 0 Å². The molecule has 0 aromatic carbocycles. The number of carbonyl (C=O) groups is 1. The summed E-state index contributed by atoms with van der Waals surface area (Å²) in [6.45, 7) is 7.61. The lowest BCUT2D eigenvalue weighted by Gasteiger charge is -2.12. The monoisotopic (exact) mass is 169 g/mol. The molecule has 1 aliphatic rings. The highest BCUT2D eigenvalue weighted by molar-refractivity contribution is 5.79. The molecule has 2 N–H and O–H groups in total. The van der Waals surface area contributed by atoms with Crippen molar-refractivity contribution in [1.82, 2.24) is 0 Å². The summed E-state index contributed by atoms with van der Waals surface area (Å²) in [7, 11) is 0. The Morgan fingerprint density at radius 2 is 2.17 bits per heavy atom. The zero-order valence-corrected chi connectivity index (χ0v) is 7.49. The molecule has 0 aliphatic carbocycles. The Balaban J connectivity index is 2.74. The number of hydrogen-bond acceptors (Lipinski definition) is 2. The first kappa shape index (κ1) is 9.26. The predicted molar refractivity (Wildman–Crippen MR) is 46.4 cm³/mol. The number of ether oxygens (including phenoxy) is 1. The van der Waals surface area contributed by atoms with E-state index in [0.717, 1.165) is 0 Å². The van der Waals surface area contributed by atoms with E-state index in [9.17, 15) is 4.79 Å². The molecule has 4 atom stereocenters. The Hall–Kier alpha value is -0.830. The summed E-state index contributed by atoms with van der Waals surface area (Å²) in [6, 6.07) is 0. The highest BCUT2D eigenvalue weighted by atomic mass is 16.5. The van der Waals surface area contributed by atoms with Gasteiger partial charge in [0.05, 0.1) is 6.10 Å². The van der Waals surface area contributed by atoms with E-state index in [1.54, 1.807) is 0 Å². The van der Waals surface area contributed by atoms with Gasteiger partial charge in [0.1, 0.15) is 6.10 Å². The number of amides is 1. The summed E-state index contributed by atoms with van der Waals surface area (Å²) in [5.74, 6) is 0.0104. The second kappa shape index (κ2) is 3.27. The fourth-order valence-electron chi connectivity index (χ4n) is 1.81. The van der Waals surface area contributed by atoms with Crippen LogP contribution in [0.1, 0.15) is 13.8 Å². The first-order valence-electron chi connectivity index (χ1n) is 4.15. The van der Waals surface area contributed by atoms with E-state index in [0.29, 0.717) is 0 Å². The summed E-state index contributed by atoms with van der Waals surface area (Å²) >= 11 is 0. The van der Waals surface area contributed by atoms with Crippen LogP contribution >= 0.6 is 0 Å². The van der Waals surface area contributed by atoms with Gasteiger partial charge in [-0.15, -0.1) is 6.58 Å². The topological polar surface area (TPSA) is 52.3 Å². The highest BCUT2D eigenvalue weighted by Gasteiger charge is 2.40. The van der Waals surface area contributed by atoms with Crippen molar-refractivity contribution in [3.8, 4) is 0 Å². The second-order valence-electron chi connectivity index (χ2n) is 3.34. The van der Waals surface area contributed by atoms with Gasteiger partial charge in [0.15, 0.2) is 0 Å². The Morgan fingerprint density at radius 3 is 2.42 bits per heavy atom. The number of hydrogen-bond donors (Lipinski definition) is 1. The molecule has 3 nitrogen and oxygen atoms in total. The van der Waals surface area contributed by atoms with Gasteiger partial charge in [0.25, 0.3) is 0 Å². The fourth-order valence-corrected chi connectivity index (χ4v) is 1.81. The predicted octanol–water partition coefficient (Wildman–Crippen LogP) is 0.697. The standard InChI is InChI=1S/C9H15NO2/c1-4-7-5(2)8(9(10)11)12-6(7)3/h4-8H,1H2,2-3H3,(H2,10,11)/t5-,6-,7+,8-/m0/s1. The number of primary amides is 1. The highest BCUT2D eigenvalue weighted by Crippen LogP contribution is 2.32. The SMILES string of the molecule is C=C[C@@H]1[C@H](C)[C@@H](C(N)=O)O[C@H]1C. The lowest BCUT2D eigenvalue weighted by atomic mass is 9.89. The van der Waals surface area contributed by atoms with Crippen molar-refractivity contribution >= 4 is 5.91 Å². The van der Waals surface area contributed by atoms with Crippen LogP contribution in [0, 0.1) is 11.8 Å². The van der Waals surface area contributed by atoms with Crippen LogP contribution < -0.4 is 5.73 Å². The van der Waals surface area contributed by atoms with Gasteiger partial charge in [-0.05, 0) is 6.92 Å². The van der Waals surface area contributed by atoms with Crippen molar-refractivity contribution in [2.45, 2.75) is 26.1 Å². The van der Waals surface area contributed by atoms with Gasteiger partial charge in [-0.3, -0.25) is 4.79 Å². The van der Waals surface area contributed by atoms with Gasteiger partial charge in [-0.1, -0.05) is 13.0 Å². The average Bonchev–Trinajstić information content (AvgIpc) is 2.27. The van der Waals surface area contributed by atoms with Gasteiger partial charge in [-0.25, -0.2) is 0 Å². The van der Waals surface area contributed by atoms with Crippen molar-refractivity contribution in [3.05, 3.63) is 12.7 Å². The minimum Gasteiger partial charge on any atom is -0.367 e. The third-order valence-corrected chi connectivity index (χ3v) is 2.54. The molecule has 0 bridgehead atoms. The Bertz CT molecular complexity index is 203. The van der Waals surface area contributed by atoms with Crippen LogP contribution in [0.15, 0.2) is 12.7 Å². The summed E-state index contributed by atoms with van der Waals surface area (Å²) in [4.78, 5) is 10.9. The molecule has 1 saturated heterocycles.